The first-order chi connectivity index (χ1) is 6.81. The molecular formula is C9H16N4S. The van der Waals surface area contributed by atoms with Gasteiger partial charge in [-0.25, -0.2) is 0 Å². The Bertz CT molecular complexity index is 295. The van der Waals surface area contributed by atoms with E-state index in [9.17, 15) is 0 Å². The zero-order chi connectivity index (χ0) is 9.97. The van der Waals surface area contributed by atoms with E-state index in [1.165, 1.54) is 30.8 Å². The number of rotatable bonds is 4. The van der Waals surface area contributed by atoms with E-state index in [0.717, 1.165) is 23.3 Å². The molecule has 0 aliphatic heterocycles. The molecule has 0 atom stereocenters. The van der Waals surface area contributed by atoms with Gasteiger partial charge >= 0.3 is 0 Å². The van der Waals surface area contributed by atoms with Crippen molar-refractivity contribution in [3.8, 4) is 0 Å². The monoisotopic (exact) mass is 212 g/mol. The smallest absolute Gasteiger partial charge is 0.134 e. The van der Waals surface area contributed by atoms with Gasteiger partial charge in [0.15, 0.2) is 0 Å². The van der Waals surface area contributed by atoms with Crippen molar-refractivity contribution in [2.45, 2.75) is 31.8 Å². The van der Waals surface area contributed by atoms with E-state index in [2.05, 4.69) is 26.9 Å². The molecule has 1 aromatic rings. The first kappa shape index (κ1) is 9.86. The highest BCUT2D eigenvalue weighted by atomic mass is 32.1. The van der Waals surface area contributed by atoms with Crippen LogP contribution < -0.4 is 5.32 Å². The van der Waals surface area contributed by atoms with E-state index >= 15 is 0 Å². The van der Waals surface area contributed by atoms with Crippen molar-refractivity contribution >= 4 is 16.5 Å². The minimum Gasteiger partial charge on any atom is -0.377 e. The van der Waals surface area contributed by atoms with Crippen molar-refractivity contribution < 1.29 is 0 Å². The summed E-state index contributed by atoms with van der Waals surface area (Å²) in [5.74, 6) is 0. The summed E-state index contributed by atoms with van der Waals surface area (Å²) in [6.07, 6.45) is 4.05. The topological polar surface area (TPSA) is 41.1 Å². The Kier molecular flexibility index (Phi) is 2.98. The quantitative estimate of drug-likeness (QED) is 0.822. The number of nitrogens with zero attached hydrogens (tertiary/aromatic N) is 3. The molecule has 2 rings (SSSR count). The first-order valence-corrected chi connectivity index (χ1v) is 5.78. The number of hydrogen-bond donors (Lipinski definition) is 1. The van der Waals surface area contributed by atoms with Gasteiger partial charge in [-0.15, -0.1) is 5.10 Å². The van der Waals surface area contributed by atoms with Crippen molar-refractivity contribution in [1.29, 1.82) is 0 Å². The van der Waals surface area contributed by atoms with Gasteiger partial charge in [0.05, 0.1) is 0 Å². The summed E-state index contributed by atoms with van der Waals surface area (Å²) in [4.78, 5) is 2.38. The molecule has 1 saturated carbocycles. The number of aromatic nitrogens is 2. The average molecular weight is 212 g/mol. The van der Waals surface area contributed by atoms with Crippen LogP contribution in [0.2, 0.25) is 0 Å². The fraction of sp³-hybridized carbons (Fsp3) is 0.778. The fourth-order valence-electron chi connectivity index (χ4n) is 1.69. The maximum Gasteiger partial charge on any atom is 0.134 e. The van der Waals surface area contributed by atoms with Crippen LogP contribution in [0.5, 0.6) is 0 Å². The van der Waals surface area contributed by atoms with Gasteiger partial charge in [-0.05, 0) is 19.9 Å². The second-order valence-electron chi connectivity index (χ2n) is 3.80. The van der Waals surface area contributed by atoms with Gasteiger partial charge < -0.3 is 5.32 Å². The molecule has 0 aromatic carbocycles. The fourth-order valence-corrected chi connectivity index (χ4v) is 2.22. The second-order valence-corrected chi connectivity index (χ2v) is 4.55. The first-order valence-electron chi connectivity index (χ1n) is 5.00. The SMILES string of the molecule is CNc1snnc1CN(C)C1CCC1. The zero-order valence-electron chi connectivity index (χ0n) is 8.66. The molecule has 1 aliphatic carbocycles. The van der Waals surface area contributed by atoms with Crippen LogP contribution in [0.4, 0.5) is 5.00 Å². The van der Waals surface area contributed by atoms with E-state index in [1.54, 1.807) is 0 Å². The number of nitrogens with one attached hydrogen (secondary N) is 1. The highest BCUT2D eigenvalue weighted by Crippen LogP contribution is 2.26. The molecule has 1 N–H and O–H groups in total. The highest BCUT2D eigenvalue weighted by Gasteiger charge is 2.23. The lowest BCUT2D eigenvalue weighted by molar-refractivity contribution is 0.151. The van der Waals surface area contributed by atoms with Gasteiger partial charge in [0.25, 0.3) is 0 Å². The number of hydrogen-bond acceptors (Lipinski definition) is 5. The van der Waals surface area contributed by atoms with Crippen LogP contribution in [0.25, 0.3) is 0 Å². The van der Waals surface area contributed by atoms with Crippen molar-refractivity contribution in [1.82, 2.24) is 14.5 Å². The lowest BCUT2D eigenvalue weighted by atomic mass is 9.92. The van der Waals surface area contributed by atoms with E-state index in [1.807, 2.05) is 7.05 Å². The van der Waals surface area contributed by atoms with Crippen molar-refractivity contribution in [3.63, 3.8) is 0 Å². The molecule has 0 spiro atoms. The summed E-state index contributed by atoms with van der Waals surface area (Å²) in [7, 11) is 4.09. The molecule has 1 heterocycles. The maximum atomic E-state index is 4.13. The van der Waals surface area contributed by atoms with Crippen LogP contribution in [0.3, 0.4) is 0 Å². The Labute approximate surface area is 88.5 Å². The molecule has 14 heavy (non-hydrogen) atoms. The second kappa shape index (κ2) is 4.23. The highest BCUT2D eigenvalue weighted by molar-refractivity contribution is 7.10. The molecule has 5 heteroatoms. The summed E-state index contributed by atoms with van der Waals surface area (Å²) in [6, 6.07) is 0.765. The molecule has 1 fully saturated rings. The van der Waals surface area contributed by atoms with Gasteiger partial charge in [-0.1, -0.05) is 10.9 Å². The Morgan fingerprint density at radius 3 is 2.93 bits per heavy atom. The Morgan fingerprint density at radius 1 is 1.57 bits per heavy atom. The largest absolute Gasteiger partial charge is 0.377 e. The summed E-state index contributed by atoms with van der Waals surface area (Å²) in [6.45, 7) is 0.914. The van der Waals surface area contributed by atoms with E-state index in [4.69, 9.17) is 0 Å². The van der Waals surface area contributed by atoms with Crippen molar-refractivity contribution in [2.24, 2.45) is 0 Å². The molecule has 1 aliphatic rings. The third kappa shape index (κ3) is 1.88. The third-order valence-electron chi connectivity index (χ3n) is 2.88. The van der Waals surface area contributed by atoms with Gasteiger partial charge in [-0.3, -0.25) is 4.90 Å². The van der Waals surface area contributed by atoms with E-state index < -0.39 is 0 Å². The van der Waals surface area contributed by atoms with E-state index in [-0.39, 0.29) is 0 Å². The van der Waals surface area contributed by atoms with Gasteiger partial charge in [0.1, 0.15) is 10.7 Å². The maximum absolute atomic E-state index is 4.13. The molecule has 0 bridgehead atoms. The molecule has 0 unspecified atom stereocenters. The lowest BCUT2D eigenvalue weighted by Crippen LogP contribution is -2.36. The van der Waals surface area contributed by atoms with Crippen LogP contribution in [-0.2, 0) is 6.54 Å². The normalized spacial score (nSPS) is 17.1. The van der Waals surface area contributed by atoms with Crippen molar-refractivity contribution in [2.75, 3.05) is 19.4 Å². The summed E-state index contributed by atoms with van der Waals surface area (Å²) in [5.41, 5.74) is 1.08. The van der Waals surface area contributed by atoms with Crippen LogP contribution in [0.15, 0.2) is 0 Å². The van der Waals surface area contributed by atoms with Crippen LogP contribution in [0, 0.1) is 0 Å². The average Bonchev–Trinajstić information content (AvgIpc) is 2.48. The Morgan fingerprint density at radius 2 is 2.36 bits per heavy atom. The zero-order valence-corrected chi connectivity index (χ0v) is 9.47. The molecular weight excluding hydrogens is 196 g/mol. The Balaban J connectivity index is 1.95. The summed E-state index contributed by atoms with van der Waals surface area (Å²) < 4.78 is 3.95. The van der Waals surface area contributed by atoms with Crippen LogP contribution in [0.1, 0.15) is 25.0 Å². The van der Waals surface area contributed by atoms with Crippen LogP contribution >= 0.6 is 11.5 Å². The molecule has 0 saturated heterocycles. The molecule has 4 nitrogen and oxygen atoms in total. The predicted octanol–water partition coefficient (Wildman–Crippen LogP) is 1.56. The third-order valence-corrected chi connectivity index (χ3v) is 3.67. The lowest BCUT2D eigenvalue weighted by Gasteiger charge is -2.34. The van der Waals surface area contributed by atoms with Crippen molar-refractivity contribution in [3.05, 3.63) is 5.69 Å². The Hall–Kier alpha value is -0.680. The standard InChI is InChI=1S/C9H16N4S/c1-10-9-8(11-12-14-9)6-13(2)7-4-3-5-7/h7,10H,3-6H2,1-2H3. The molecule has 0 amide bonds. The summed E-state index contributed by atoms with van der Waals surface area (Å²) in [5, 5.41) is 8.35. The van der Waals surface area contributed by atoms with Gasteiger partial charge in [-0.2, -0.15) is 0 Å². The molecule has 1 aromatic heterocycles. The van der Waals surface area contributed by atoms with Gasteiger partial charge in [0.2, 0.25) is 0 Å². The predicted molar refractivity (Wildman–Crippen MR) is 58.6 cm³/mol. The molecule has 0 radical (unpaired) electrons. The van der Waals surface area contributed by atoms with Gasteiger partial charge in [0, 0.05) is 31.2 Å². The number of anilines is 1. The minimum absolute atomic E-state index is 0.765. The van der Waals surface area contributed by atoms with Crippen LogP contribution in [-0.4, -0.2) is 34.6 Å². The van der Waals surface area contributed by atoms with E-state index in [0.29, 0.717) is 0 Å². The summed E-state index contributed by atoms with van der Waals surface area (Å²) >= 11 is 1.43. The minimum atomic E-state index is 0.765. The molecule has 78 valence electrons.